The summed E-state index contributed by atoms with van der Waals surface area (Å²) in [5, 5.41) is 14.0. The molecule has 0 aliphatic carbocycles. The molecule has 0 bridgehead atoms. The van der Waals surface area contributed by atoms with Crippen LogP contribution < -0.4 is 5.32 Å². The number of amides is 1. The van der Waals surface area contributed by atoms with Crippen LogP contribution in [0.4, 0.5) is 9.52 Å². The van der Waals surface area contributed by atoms with Gasteiger partial charge in [-0.05, 0) is 24.3 Å². The number of carbonyl (C=O) groups excluding carboxylic acids is 1. The Morgan fingerprint density at radius 2 is 2.16 bits per heavy atom. The Morgan fingerprint density at radius 3 is 2.84 bits per heavy atom. The highest BCUT2D eigenvalue weighted by molar-refractivity contribution is 7.99. The van der Waals surface area contributed by atoms with Crippen molar-refractivity contribution in [2.45, 2.75) is 11.7 Å². The Bertz CT molecular complexity index is 861. The molecule has 3 aromatic rings. The van der Waals surface area contributed by atoms with Gasteiger partial charge < -0.3 is 5.32 Å². The van der Waals surface area contributed by atoms with E-state index in [4.69, 9.17) is 0 Å². The van der Waals surface area contributed by atoms with Crippen LogP contribution in [-0.2, 0) is 11.3 Å². The van der Waals surface area contributed by atoms with Crippen LogP contribution in [-0.4, -0.2) is 31.4 Å². The molecule has 0 fully saturated rings. The Morgan fingerprint density at radius 1 is 1.36 bits per heavy atom. The van der Waals surface area contributed by atoms with Gasteiger partial charge in [0.15, 0.2) is 16.1 Å². The van der Waals surface area contributed by atoms with Crippen molar-refractivity contribution >= 4 is 34.1 Å². The molecule has 0 atom stereocenters. The topological polar surface area (TPSA) is 72.7 Å². The summed E-state index contributed by atoms with van der Waals surface area (Å²) < 4.78 is 14.9. The second kappa shape index (κ2) is 8.04. The van der Waals surface area contributed by atoms with Crippen LogP contribution in [0.1, 0.15) is 0 Å². The zero-order valence-corrected chi connectivity index (χ0v) is 14.7. The number of carbonyl (C=O) groups is 1. The van der Waals surface area contributed by atoms with E-state index in [1.54, 1.807) is 29.8 Å². The SMILES string of the molecule is C=CCn1c(SCC(=O)Nc2nccs2)nnc1-c1ccc(F)cc1. The van der Waals surface area contributed by atoms with Crippen molar-refractivity contribution in [3.8, 4) is 11.4 Å². The monoisotopic (exact) mass is 375 g/mol. The largest absolute Gasteiger partial charge is 0.301 e. The maximum Gasteiger partial charge on any atom is 0.236 e. The Kier molecular flexibility index (Phi) is 5.56. The molecular weight excluding hydrogens is 361 g/mol. The number of thiazole rings is 1. The minimum absolute atomic E-state index is 0.170. The number of aromatic nitrogens is 4. The van der Waals surface area contributed by atoms with Gasteiger partial charge in [0.25, 0.3) is 0 Å². The number of hydrogen-bond acceptors (Lipinski definition) is 6. The number of thioether (sulfide) groups is 1. The minimum atomic E-state index is -0.313. The molecule has 128 valence electrons. The van der Waals surface area contributed by atoms with Crippen molar-refractivity contribution in [3.05, 3.63) is 54.3 Å². The molecule has 2 aromatic heterocycles. The highest BCUT2D eigenvalue weighted by atomic mass is 32.2. The zero-order valence-electron chi connectivity index (χ0n) is 13.1. The standard InChI is InChI=1S/C16H14FN5OS2/c1-2-8-22-14(11-3-5-12(17)6-4-11)20-21-16(22)25-10-13(23)19-15-18-7-9-24-15/h2-7,9H,1,8,10H2,(H,18,19,23). The molecule has 0 saturated heterocycles. The maximum atomic E-state index is 13.1. The smallest absolute Gasteiger partial charge is 0.236 e. The molecule has 3 rings (SSSR count). The van der Waals surface area contributed by atoms with E-state index in [1.807, 2.05) is 4.57 Å². The van der Waals surface area contributed by atoms with E-state index in [2.05, 4.69) is 27.1 Å². The molecule has 0 unspecified atom stereocenters. The number of nitrogens with one attached hydrogen (secondary N) is 1. The molecule has 25 heavy (non-hydrogen) atoms. The van der Waals surface area contributed by atoms with Crippen molar-refractivity contribution in [2.24, 2.45) is 0 Å². The molecule has 0 spiro atoms. The first-order valence-corrected chi connectivity index (χ1v) is 9.16. The van der Waals surface area contributed by atoms with E-state index in [0.717, 1.165) is 5.56 Å². The number of anilines is 1. The summed E-state index contributed by atoms with van der Waals surface area (Å²) in [5.41, 5.74) is 0.745. The van der Waals surface area contributed by atoms with E-state index >= 15 is 0 Å². The van der Waals surface area contributed by atoms with Crippen molar-refractivity contribution in [3.63, 3.8) is 0 Å². The zero-order chi connectivity index (χ0) is 17.6. The van der Waals surface area contributed by atoms with Gasteiger partial charge in [-0.15, -0.1) is 28.1 Å². The van der Waals surface area contributed by atoms with Crippen LogP contribution in [0.2, 0.25) is 0 Å². The molecule has 1 aromatic carbocycles. The maximum absolute atomic E-state index is 13.1. The van der Waals surface area contributed by atoms with Gasteiger partial charge in [-0.2, -0.15) is 0 Å². The number of halogens is 1. The van der Waals surface area contributed by atoms with Gasteiger partial charge in [0, 0.05) is 23.7 Å². The second-order valence-electron chi connectivity index (χ2n) is 4.89. The molecule has 0 saturated carbocycles. The first-order chi connectivity index (χ1) is 12.2. The lowest BCUT2D eigenvalue weighted by atomic mass is 10.2. The molecule has 6 nitrogen and oxygen atoms in total. The van der Waals surface area contributed by atoms with Gasteiger partial charge in [0.1, 0.15) is 5.82 Å². The third-order valence-corrected chi connectivity index (χ3v) is 4.80. The van der Waals surface area contributed by atoms with E-state index in [-0.39, 0.29) is 17.5 Å². The second-order valence-corrected chi connectivity index (χ2v) is 6.72. The van der Waals surface area contributed by atoms with Gasteiger partial charge in [0.2, 0.25) is 5.91 Å². The highest BCUT2D eigenvalue weighted by Gasteiger charge is 2.15. The molecule has 1 N–H and O–H groups in total. The Hall–Kier alpha value is -2.52. The fourth-order valence-electron chi connectivity index (χ4n) is 2.07. The number of rotatable bonds is 7. The fraction of sp³-hybridized carbons (Fsp3) is 0.125. The van der Waals surface area contributed by atoms with Crippen LogP contribution in [0.5, 0.6) is 0 Å². The van der Waals surface area contributed by atoms with Gasteiger partial charge in [-0.1, -0.05) is 17.8 Å². The first kappa shape index (κ1) is 17.3. The third-order valence-electron chi connectivity index (χ3n) is 3.14. The lowest BCUT2D eigenvalue weighted by Crippen LogP contribution is -2.14. The summed E-state index contributed by atoms with van der Waals surface area (Å²) in [6, 6.07) is 6.03. The Labute approximate surface area is 151 Å². The number of benzene rings is 1. The highest BCUT2D eigenvalue weighted by Crippen LogP contribution is 2.24. The van der Waals surface area contributed by atoms with E-state index in [0.29, 0.717) is 22.7 Å². The third kappa shape index (κ3) is 4.31. The quantitative estimate of drug-likeness (QED) is 0.506. The fourth-order valence-corrected chi connectivity index (χ4v) is 3.37. The van der Waals surface area contributed by atoms with Crippen molar-refractivity contribution < 1.29 is 9.18 Å². The summed E-state index contributed by atoms with van der Waals surface area (Å²) in [5.74, 6) is 0.296. The van der Waals surface area contributed by atoms with Crippen LogP contribution >= 0.6 is 23.1 Å². The van der Waals surface area contributed by atoms with Gasteiger partial charge in [-0.25, -0.2) is 9.37 Å². The van der Waals surface area contributed by atoms with Crippen LogP contribution in [0.3, 0.4) is 0 Å². The van der Waals surface area contributed by atoms with Gasteiger partial charge >= 0.3 is 0 Å². The average Bonchev–Trinajstić information content (AvgIpc) is 3.24. The summed E-state index contributed by atoms with van der Waals surface area (Å²) in [6.45, 7) is 4.22. The Balaban J connectivity index is 1.73. The van der Waals surface area contributed by atoms with E-state index in [1.165, 1.54) is 35.2 Å². The molecule has 2 heterocycles. The van der Waals surface area contributed by atoms with Crippen molar-refractivity contribution in [2.75, 3.05) is 11.1 Å². The minimum Gasteiger partial charge on any atom is -0.301 e. The van der Waals surface area contributed by atoms with Crippen LogP contribution in [0.25, 0.3) is 11.4 Å². The van der Waals surface area contributed by atoms with Crippen molar-refractivity contribution in [1.82, 2.24) is 19.7 Å². The number of hydrogen-bond donors (Lipinski definition) is 1. The normalized spacial score (nSPS) is 10.6. The molecule has 1 amide bonds. The van der Waals surface area contributed by atoms with Crippen molar-refractivity contribution in [1.29, 1.82) is 0 Å². The number of nitrogens with zero attached hydrogens (tertiary/aromatic N) is 4. The molecule has 0 aliphatic rings. The lowest BCUT2D eigenvalue weighted by Gasteiger charge is -2.07. The van der Waals surface area contributed by atoms with Gasteiger partial charge in [-0.3, -0.25) is 9.36 Å². The number of allylic oxidation sites excluding steroid dienone is 1. The predicted octanol–water partition coefficient (Wildman–Crippen LogP) is 3.46. The summed E-state index contributed by atoms with van der Waals surface area (Å²) in [7, 11) is 0. The van der Waals surface area contributed by atoms with Crippen LogP contribution in [0, 0.1) is 5.82 Å². The van der Waals surface area contributed by atoms with Gasteiger partial charge in [0.05, 0.1) is 5.75 Å². The summed E-state index contributed by atoms with van der Waals surface area (Å²) >= 11 is 2.63. The summed E-state index contributed by atoms with van der Waals surface area (Å²) in [4.78, 5) is 16.0. The molecule has 0 aliphatic heterocycles. The van der Waals surface area contributed by atoms with E-state index in [9.17, 15) is 9.18 Å². The molecular formula is C16H14FN5OS2. The molecule has 0 radical (unpaired) electrons. The average molecular weight is 375 g/mol. The first-order valence-electron chi connectivity index (χ1n) is 7.29. The predicted molar refractivity (Wildman–Crippen MR) is 97.1 cm³/mol. The summed E-state index contributed by atoms with van der Waals surface area (Å²) in [6.07, 6.45) is 3.35. The molecule has 9 heteroatoms. The van der Waals surface area contributed by atoms with E-state index < -0.39 is 0 Å². The van der Waals surface area contributed by atoms with Crippen LogP contribution in [0.15, 0.2) is 53.7 Å². The lowest BCUT2D eigenvalue weighted by molar-refractivity contribution is -0.113.